The average molecular weight is 499 g/mol. The van der Waals surface area contributed by atoms with Crippen LogP contribution in [0.3, 0.4) is 0 Å². The summed E-state index contributed by atoms with van der Waals surface area (Å²) in [5.74, 6) is 0.137. The molecule has 0 fully saturated rings. The van der Waals surface area contributed by atoms with Crippen molar-refractivity contribution in [3.05, 3.63) is 70.7 Å². The molecular weight excluding hydrogens is 468 g/mol. The molecule has 0 aliphatic heterocycles. The number of phenols is 1. The smallest absolute Gasteiger partial charge is 0.257 e. The number of nitrogens with one attached hydrogen (secondary N) is 2. The topological polar surface area (TPSA) is 94.1 Å². The minimum absolute atomic E-state index is 0.0516. The van der Waals surface area contributed by atoms with Crippen LogP contribution in [0.2, 0.25) is 5.02 Å². The Bertz CT molecular complexity index is 1190. The fourth-order valence-corrected chi connectivity index (χ4v) is 3.70. The van der Waals surface area contributed by atoms with Crippen LogP contribution in [-0.2, 0) is 11.3 Å². The van der Waals surface area contributed by atoms with E-state index in [0.29, 0.717) is 31.1 Å². The number of amides is 2. The van der Waals surface area contributed by atoms with E-state index in [-0.39, 0.29) is 29.2 Å². The van der Waals surface area contributed by atoms with Gasteiger partial charge in [-0.1, -0.05) is 41.9 Å². The largest absolute Gasteiger partial charge is 0.506 e. The van der Waals surface area contributed by atoms with Crippen molar-refractivity contribution in [1.82, 2.24) is 20.4 Å². The molecule has 9 heteroatoms. The van der Waals surface area contributed by atoms with Crippen molar-refractivity contribution in [3.63, 3.8) is 0 Å². The van der Waals surface area contributed by atoms with Crippen molar-refractivity contribution in [2.24, 2.45) is 0 Å². The van der Waals surface area contributed by atoms with Crippen molar-refractivity contribution in [2.45, 2.75) is 6.54 Å². The lowest BCUT2D eigenvalue weighted by molar-refractivity contribution is -0.123. The molecule has 0 saturated carbocycles. The summed E-state index contributed by atoms with van der Waals surface area (Å²) in [5, 5.41) is 17.3. The molecule has 0 aliphatic carbocycles. The van der Waals surface area contributed by atoms with Gasteiger partial charge in [-0.05, 0) is 56.4 Å². The first kappa shape index (κ1) is 26.3. The Morgan fingerprint density at radius 3 is 2.46 bits per heavy atom. The first-order chi connectivity index (χ1) is 16.7. The molecule has 186 valence electrons. The zero-order chi connectivity index (χ0) is 25.4. The highest BCUT2D eigenvalue weighted by atomic mass is 35.5. The summed E-state index contributed by atoms with van der Waals surface area (Å²) in [6, 6.07) is 16.1. The summed E-state index contributed by atoms with van der Waals surface area (Å²) in [7, 11) is 5.81. The minimum atomic E-state index is -0.281. The fraction of sp³-hybridized carbons (Fsp3) is 0.308. The Hall–Kier alpha value is -3.33. The lowest BCUT2D eigenvalue weighted by atomic mass is 10.0. The van der Waals surface area contributed by atoms with E-state index in [4.69, 9.17) is 16.3 Å². The van der Waals surface area contributed by atoms with Gasteiger partial charge in [-0.25, -0.2) is 0 Å². The van der Waals surface area contributed by atoms with E-state index in [2.05, 4.69) is 10.6 Å². The summed E-state index contributed by atoms with van der Waals surface area (Å²) in [4.78, 5) is 28.5. The Balaban J connectivity index is 1.60. The third-order valence-electron chi connectivity index (χ3n) is 5.37. The number of benzene rings is 3. The van der Waals surface area contributed by atoms with Crippen LogP contribution >= 0.6 is 11.6 Å². The first-order valence-electron chi connectivity index (χ1n) is 11.2. The number of rotatable bonds is 11. The number of hydrogen-bond donors (Lipinski definition) is 3. The van der Waals surface area contributed by atoms with Gasteiger partial charge < -0.3 is 25.4 Å². The molecule has 2 amide bonds. The SMILES string of the molecule is CN(C)CCNC(=O)COc1ccc(CN(C)CNC(=O)c2ccc(O)c(Cl)c2)c2ccccc12. The minimum Gasteiger partial charge on any atom is -0.506 e. The van der Waals surface area contributed by atoms with Gasteiger partial charge in [0.2, 0.25) is 0 Å². The molecule has 0 saturated heterocycles. The van der Waals surface area contributed by atoms with Crippen LogP contribution in [0.15, 0.2) is 54.6 Å². The Morgan fingerprint density at radius 2 is 1.74 bits per heavy atom. The highest BCUT2D eigenvalue weighted by molar-refractivity contribution is 6.32. The summed E-state index contributed by atoms with van der Waals surface area (Å²) in [5.41, 5.74) is 1.44. The average Bonchev–Trinajstić information content (AvgIpc) is 2.83. The second kappa shape index (κ2) is 12.4. The number of aromatic hydroxyl groups is 1. The van der Waals surface area contributed by atoms with E-state index >= 15 is 0 Å². The molecule has 0 radical (unpaired) electrons. The number of halogens is 1. The number of carbonyl (C=O) groups excluding carboxylic acids is 2. The number of likely N-dealkylation sites (N-methyl/N-ethyl adjacent to an activating group) is 1. The maximum Gasteiger partial charge on any atom is 0.257 e. The molecule has 0 spiro atoms. The van der Waals surface area contributed by atoms with Crippen LogP contribution in [0, 0.1) is 0 Å². The van der Waals surface area contributed by atoms with Gasteiger partial charge in [0.25, 0.3) is 11.8 Å². The van der Waals surface area contributed by atoms with Gasteiger partial charge in [-0.2, -0.15) is 0 Å². The number of nitrogens with zero attached hydrogens (tertiary/aromatic N) is 2. The van der Waals surface area contributed by atoms with E-state index in [1.807, 2.05) is 67.3 Å². The predicted molar refractivity (Wildman–Crippen MR) is 138 cm³/mol. The van der Waals surface area contributed by atoms with Gasteiger partial charge in [0.05, 0.1) is 11.7 Å². The summed E-state index contributed by atoms with van der Waals surface area (Å²) < 4.78 is 5.82. The Morgan fingerprint density at radius 1 is 1.00 bits per heavy atom. The Labute approximate surface area is 210 Å². The van der Waals surface area contributed by atoms with Crippen LogP contribution in [-0.4, -0.2) is 74.2 Å². The van der Waals surface area contributed by atoms with E-state index < -0.39 is 0 Å². The van der Waals surface area contributed by atoms with Crippen LogP contribution in [0.1, 0.15) is 15.9 Å². The lowest BCUT2D eigenvalue weighted by Gasteiger charge is -2.20. The van der Waals surface area contributed by atoms with E-state index in [1.165, 1.54) is 18.2 Å². The number of fused-ring (bicyclic) bond motifs is 1. The maximum absolute atomic E-state index is 12.4. The maximum atomic E-state index is 12.4. The molecule has 35 heavy (non-hydrogen) atoms. The molecule has 0 bridgehead atoms. The van der Waals surface area contributed by atoms with Crippen molar-refractivity contribution in [3.8, 4) is 11.5 Å². The van der Waals surface area contributed by atoms with Crippen molar-refractivity contribution < 1.29 is 19.4 Å². The quantitative estimate of drug-likeness (QED) is 0.352. The number of ether oxygens (including phenoxy) is 1. The molecule has 3 rings (SSSR count). The van der Waals surface area contributed by atoms with Gasteiger partial charge in [0.15, 0.2) is 6.61 Å². The summed E-state index contributed by atoms with van der Waals surface area (Å²) in [6.07, 6.45) is 0. The standard InChI is InChI=1S/C26H31ClN4O4/c1-30(2)13-12-28-25(33)16-35-24-11-9-19(20-6-4-5-7-21(20)24)15-31(3)17-29-26(34)18-8-10-23(32)22(27)14-18/h4-11,14,32H,12-13,15-17H2,1-3H3,(H,28,33)(H,29,34). The van der Waals surface area contributed by atoms with Gasteiger partial charge >= 0.3 is 0 Å². The number of carbonyl (C=O) groups is 2. The molecular formula is C26H31ClN4O4. The normalized spacial score (nSPS) is 11.1. The third-order valence-corrected chi connectivity index (χ3v) is 5.68. The molecule has 0 aromatic heterocycles. The van der Waals surface area contributed by atoms with Crippen LogP contribution in [0.5, 0.6) is 11.5 Å². The van der Waals surface area contributed by atoms with Gasteiger partial charge in [-0.15, -0.1) is 0 Å². The molecule has 3 aromatic carbocycles. The molecule has 3 N–H and O–H groups in total. The molecule has 0 atom stereocenters. The second-order valence-corrected chi connectivity index (χ2v) is 8.96. The van der Waals surface area contributed by atoms with Gasteiger partial charge in [-0.3, -0.25) is 14.5 Å². The lowest BCUT2D eigenvalue weighted by Crippen LogP contribution is -2.35. The molecule has 3 aromatic rings. The highest BCUT2D eigenvalue weighted by Crippen LogP contribution is 2.29. The zero-order valence-corrected chi connectivity index (χ0v) is 20.9. The van der Waals surface area contributed by atoms with E-state index in [1.54, 1.807) is 0 Å². The predicted octanol–water partition coefficient (Wildman–Crippen LogP) is 3.07. The first-order valence-corrected chi connectivity index (χ1v) is 11.6. The second-order valence-electron chi connectivity index (χ2n) is 8.55. The van der Waals surface area contributed by atoms with E-state index in [9.17, 15) is 14.7 Å². The van der Waals surface area contributed by atoms with Crippen molar-refractivity contribution >= 4 is 34.2 Å². The Kier molecular flexibility index (Phi) is 9.31. The molecule has 0 heterocycles. The monoisotopic (exact) mass is 498 g/mol. The third kappa shape index (κ3) is 7.58. The molecule has 0 aliphatic rings. The van der Waals surface area contributed by atoms with Crippen molar-refractivity contribution in [1.29, 1.82) is 0 Å². The van der Waals surface area contributed by atoms with Crippen LogP contribution < -0.4 is 15.4 Å². The summed E-state index contributed by atoms with van der Waals surface area (Å²) >= 11 is 5.89. The van der Waals surface area contributed by atoms with E-state index in [0.717, 1.165) is 22.9 Å². The van der Waals surface area contributed by atoms with Crippen LogP contribution in [0.4, 0.5) is 0 Å². The fourth-order valence-electron chi connectivity index (χ4n) is 3.51. The van der Waals surface area contributed by atoms with Gasteiger partial charge in [0.1, 0.15) is 11.5 Å². The summed E-state index contributed by atoms with van der Waals surface area (Å²) in [6.45, 7) is 2.18. The van der Waals surface area contributed by atoms with Crippen molar-refractivity contribution in [2.75, 3.05) is 47.5 Å². The molecule has 0 unspecified atom stereocenters. The number of hydrogen-bond acceptors (Lipinski definition) is 6. The highest BCUT2D eigenvalue weighted by Gasteiger charge is 2.12. The van der Waals surface area contributed by atoms with Gasteiger partial charge in [0, 0.05) is 30.6 Å². The van der Waals surface area contributed by atoms with Crippen LogP contribution in [0.25, 0.3) is 10.8 Å². The molecule has 8 nitrogen and oxygen atoms in total. The number of phenolic OH excluding ortho intramolecular Hbond substituents is 1. The zero-order valence-electron chi connectivity index (χ0n) is 20.2.